The number of ether oxygens (including phenoxy) is 1. The van der Waals surface area contributed by atoms with Gasteiger partial charge in [0.2, 0.25) is 11.8 Å². The van der Waals surface area contributed by atoms with Gasteiger partial charge in [-0.1, -0.05) is 12.1 Å². The molecule has 2 aromatic rings. The van der Waals surface area contributed by atoms with E-state index in [2.05, 4.69) is 20.4 Å². The van der Waals surface area contributed by atoms with E-state index in [4.69, 9.17) is 0 Å². The van der Waals surface area contributed by atoms with Crippen LogP contribution in [0.5, 0.6) is 0 Å². The number of hydrogen-bond acceptors (Lipinski definition) is 5. The number of methoxy groups -OCH3 is 1. The van der Waals surface area contributed by atoms with E-state index in [1.54, 1.807) is 30.5 Å². The maximum Gasteiger partial charge on any atom is 0.337 e. The molecule has 7 nitrogen and oxygen atoms in total. The minimum absolute atomic E-state index is 0.154. The Kier molecular flexibility index (Phi) is 5.26. The Balaban J connectivity index is 1.51. The average molecular weight is 353 g/mol. The van der Waals surface area contributed by atoms with Crippen molar-refractivity contribution in [1.82, 2.24) is 10.3 Å². The maximum absolute atomic E-state index is 12.3. The second kappa shape index (κ2) is 7.77. The Morgan fingerprint density at radius 1 is 1.12 bits per heavy atom. The van der Waals surface area contributed by atoms with E-state index < -0.39 is 5.97 Å². The molecule has 1 saturated carbocycles. The molecule has 1 aliphatic rings. The number of esters is 1. The molecule has 0 radical (unpaired) electrons. The first-order chi connectivity index (χ1) is 12.6. The van der Waals surface area contributed by atoms with Gasteiger partial charge in [0.1, 0.15) is 0 Å². The van der Waals surface area contributed by atoms with Gasteiger partial charge in [-0.15, -0.1) is 0 Å². The molecule has 0 spiro atoms. The fourth-order valence-corrected chi connectivity index (χ4v) is 2.66. The van der Waals surface area contributed by atoms with Crippen molar-refractivity contribution < 1.29 is 19.1 Å². The lowest BCUT2D eigenvalue weighted by atomic mass is 10.2. The lowest BCUT2D eigenvalue weighted by Crippen LogP contribution is -2.27. The Morgan fingerprint density at radius 2 is 1.92 bits per heavy atom. The summed E-state index contributed by atoms with van der Waals surface area (Å²) in [5.74, 6) is -1.55. The maximum atomic E-state index is 12.3. The lowest BCUT2D eigenvalue weighted by molar-refractivity contribution is -0.125. The number of anilines is 1. The topological polar surface area (TPSA) is 97.4 Å². The van der Waals surface area contributed by atoms with Gasteiger partial charge < -0.3 is 15.4 Å². The van der Waals surface area contributed by atoms with Crippen LogP contribution < -0.4 is 10.6 Å². The number of rotatable bonds is 6. The molecule has 2 N–H and O–H groups in total. The van der Waals surface area contributed by atoms with E-state index >= 15 is 0 Å². The zero-order valence-electron chi connectivity index (χ0n) is 14.3. The summed E-state index contributed by atoms with van der Waals surface area (Å²) in [5, 5.41) is 5.54. The summed E-state index contributed by atoms with van der Waals surface area (Å²) in [7, 11) is 1.30. The van der Waals surface area contributed by atoms with Crippen molar-refractivity contribution in [2.24, 2.45) is 11.8 Å². The van der Waals surface area contributed by atoms with Gasteiger partial charge in [0.15, 0.2) is 0 Å². The molecule has 2 unspecified atom stereocenters. The summed E-state index contributed by atoms with van der Waals surface area (Å²) < 4.78 is 4.66. The molecule has 26 heavy (non-hydrogen) atoms. The van der Waals surface area contributed by atoms with Gasteiger partial charge in [0.05, 0.1) is 36.7 Å². The van der Waals surface area contributed by atoms with E-state index in [0.717, 1.165) is 5.69 Å². The molecule has 2 atom stereocenters. The lowest BCUT2D eigenvalue weighted by Gasteiger charge is -2.07. The second-order valence-electron chi connectivity index (χ2n) is 6.05. The highest BCUT2D eigenvalue weighted by Gasteiger charge is 2.47. The van der Waals surface area contributed by atoms with Gasteiger partial charge in [-0.3, -0.25) is 14.6 Å². The first-order valence-electron chi connectivity index (χ1n) is 8.25. The van der Waals surface area contributed by atoms with Gasteiger partial charge in [0, 0.05) is 11.9 Å². The Labute approximate surface area is 150 Å². The average Bonchev–Trinajstić information content (AvgIpc) is 3.47. The third-order valence-corrected chi connectivity index (χ3v) is 4.19. The highest BCUT2D eigenvalue weighted by Crippen LogP contribution is 2.39. The summed E-state index contributed by atoms with van der Waals surface area (Å²) in [5.41, 5.74) is 1.62. The predicted molar refractivity (Wildman–Crippen MR) is 94.1 cm³/mol. The molecule has 1 aromatic heterocycles. The van der Waals surface area contributed by atoms with Crippen molar-refractivity contribution in [1.29, 1.82) is 0 Å². The molecular weight excluding hydrogens is 334 g/mol. The molecule has 2 amide bonds. The molecule has 0 saturated heterocycles. The largest absolute Gasteiger partial charge is 0.465 e. The van der Waals surface area contributed by atoms with Crippen LogP contribution in [0, 0.1) is 11.8 Å². The summed E-state index contributed by atoms with van der Waals surface area (Å²) in [4.78, 5) is 40.1. The molecule has 1 aliphatic carbocycles. The van der Waals surface area contributed by atoms with Crippen molar-refractivity contribution in [2.45, 2.75) is 13.0 Å². The Bertz CT molecular complexity index is 823. The van der Waals surface area contributed by atoms with Crippen LogP contribution in [0.2, 0.25) is 0 Å². The van der Waals surface area contributed by atoms with Crippen LogP contribution in [-0.4, -0.2) is 29.9 Å². The molecular formula is C19H19N3O4. The van der Waals surface area contributed by atoms with Crippen molar-refractivity contribution in [3.8, 4) is 0 Å². The van der Waals surface area contributed by atoms with E-state index in [0.29, 0.717) is 24.2 Å². The second-order valence-corrected chi connectivity index (χ2v) is 6.05. The van der Waals surface area contributed by atoms with Gasteiger partial charge in [0.25, 0.3) is 0 Å². The zero-order chi connectivity index (χ0) is 18.5. The first kappa shape index (κ1) is 17.6. The Hall–Kier alpha value is -3.22. The molecule has 3 rings (SSSR count). The third-order valence-electron chi connectivity index (χ3n) is 4.19. The van der Waals surface area contributed by atoms with Crippen LogP contribution >= 0.6 is 0 Å². The minimum Gasteiger partial charge on any atom is -0.465 e. The van der Waals surface area contributed by atoms with Crippen LogP contribution in [0.3, 0.4) is 0 Å². The quantitative estimate of drug-likeness (QED) is 0.771. The van der Waals surface area contributed by atoms with E-state index in [-0.39, 0.29) is 23.7 Å². The van der Waals surface area contributed by atoms with Crippen molar-refractivity contribution >= 4 is 23.5 Å². The Morgan fingerprint density at radius 3 is 2.65 bits per heavy atom. The fraction of sp³-hybridized carbons (Fsp3) is 0.263. The smallest absolute Gasteiger partial charge is 0.337 e. The number of nitrogens with one attached hydrogen (secondary N) is 2. The highest BCUT2D eigenvalue weighted by molar-refractivity contribution is 6.00. The molecule has 7 heteroatoms. The number of hydrogen-bond donors (Lipinski definition) is 2. The number of pyridine rings is 1. The van der Waals surface area contributed by atoms with Gasteiger partial charge in [-0.05, 0) is 36.8 Å². The molecule has 0 bridgehead atoms. The monoisotopic (exact) mass is 353 g/mol. The van der Waals surface area contributed by atoms with E-state index in [1.165, 1.54) is 7.11 Å². The minimum atomic E-state index is -0.473. The molecule has 0 aliphatic heterocycles. The van der Waals surface area contributed by atoms with Crippen LogP contribution in [0.15, 0.2) is 48.7 Å². The fourth-order valence-electron chi connectivity index (χ4n) is 2.66. The van der Waals surface area contributed by atoms with E-state index in [1.807, 2.05) is 18.2 Å². The van der Waals surface area contributed by atoms with Crippen molar-refractivity contribution in [2.75, 3.05) is 12.4 Å². The molecule has 1 aromatic carbocycles. The highest BCUT2D eigenvalue weighted by atomic mass is 16.5. The van der Waals surface area contributed by atoms with Crippen LogP contribution in [-0.2, 0) is 20.9 Å². The van der Waals surface area contributed by atoms with Gasteiger partial charge in [-0.25, -0.2) is 4.79 Å². The van der Waals surface area contributed by atoms with Crippen LogP contribution in [0.1, 0.15) is 22.5 Å². The number of benzene rings is 1. The standard InChI is InChI=1S/C19H19N3O4/c1-26-19(25)12-5-4-7-13(9-12)22-18(24)16-10-15(16)17(23)21-11-14-6-2-3-8-20-14/h2-9,15-16H,10-11H2,1H3,(H,21,23)(H,22,24). The SMILES string of the molecule is COC(=O)c1cccc(NC(=O)C2CC2C(=O)NCc2ccccn2)c1. The van der Waals surface area contributed by atoms with Crippen molar-refractivity contribution in [3.05, 3.63) is 59.9 Å². The number of carbonyl (C=O) groups excluding carboxylic acids is 3. The van der Waals surface area contributed by atoms with Gasteiger partial charge in [-0.2, -0.15) is 0 Å². The summed E-state index contributed by atoms with van der Waals surface area (Å²) >= 11 is 0. The summed E-state index contributed by atoms with van der Waals surface area (Å²) in [6.07, 6.45) is 2.17. The number of aromatic nitrogens is 1. The molecule has 1 fully saturated rings. The normalized spacial score (nSPS) is 17.9. The number of carbonyl (C=O) groups is 3. The van der Waals surface area contributed by atoms with E-state index in [9.17, 15) is 14.4 Å². The zero-order valence-corrected chi connectivity index (χ0v) is 14.3. The number of amides is 2. The summed E-state index contributed by atoms with van der Waals surface area (Å²) in [6.45, 7) is 0.339. The van der Waals surface area contributed by atoms with Crippen LogP contribution in [0.4, 0.5) is 5.69 Å². The van der Waals surface area contributed by atoms with Crippen LogP contribution in [0.25, 0.3) is 0 Å². The van der Waals surface area contributed by atoms with Gasteiger partial charge >= 0.3 is 5.97 Å². The number of nitrogens with zero attached hydrogens (tertiary/aromatic N) is 1. The first-order valence-corrected chi connectivity index (χ1v) is 8.25. The van der Waals surface area contributed by atoms with Crippen molar-refractivity contribution in [3.63, 3.8) is 0 Å². The third kappa shape index (κ3) is 4.24. The predicted octanol–water partition coefficient (Wildman–Crippen LogP) is 1.76. The summed E-state index contributed by atoms with van der Waals surface area (Å²) in [6, 6.07) is 12.0. The molecule has 1 heterocycles. The molecule has 134 valence electrons.